The molecule has 0 amide bonds. The van der Waals surface area contributed by atoms with Crippen LogP contribution in [0.1, 0.15) is 11.1 Å². The SMILES string of the molecule is N=C(/C=C(\N)c1ccc(-c2ccc3cc(-c4ccc5ccc(-c6ccccn6)nc5c4)ccc3n2)cc1)c1ccc(-n2c3ccccc3c3ccccc32)cc1. The van der Waals surface area contributed by atoms with E-state index in [4.69, 9.17) is 21.1 Å². The van der Waals surface area contributed by atoms with E-state index in [2.05, 4.69) is 125 Å². The van der Waals surface area contributed by atoms with Crippen molar-refractivity contribution in [2.75, 3.05) is 0 Å². The second-order valence-electron chi connectivity index (χ2n) is 13.9. The number of para-hydroxylation sites is 2. The summed E-state index contributed by atoms with van der Waals surface area (Å²) in [6, 6.07) is 60.0. The summed E-state index contributed by atoms with van der Waals surface area (Å²) in [5.74, 6) is 0. The summed E-state index contributed by atoms with van der Waals surface area (Å²) in [5.41, 5.74) is 20.1. The first-order valence-electron chi connectivity index (χ1n) is 18.5. The Hall–Kier alpha value is -7.70. The standard InChI is InChI=1S/C50H34N6/c51-42(31-43(52)33-18-23-39(24-19-33)56-49-10-3-1-7-40(49)41-8-2-4-11-50(41)56)32-12-14-34(15-13-32)44-26-22-38-29-36(21-25-45(38)54-44)37-17-16-35-20-27-47(55-48(35)30-37)46-9-5-6-28-53-46/h1-31,52H,51H2/b42-31-,52-43?. The molecule has 0 aliphatic rings. The Kier molecular flexibility index (Phi) is 8.00. The molecule has 0 aliphatic heterocycles. The van der Waals surface area contributed by atoms with Crippen LogP contribution in [0, 0.1) is 5.41 Å². The average molecular weight is 719 g/mol. The van der Waals surface area contributed by atoms with Crippen molar-refractivity contribution in [2.24, 2.45) is 5.73 Å². The van der Waals surface area contributed by atoms with Gasteiger partial charge in [-0.05, 0) is 95.1 Å². The summed E-state index contributed by atoms with van der Waals surface area (Å²) in [4.78, 5) is 14.4. The van der Waals surface area contributed by atoms with Crippen molar-refractivity contribution in [3.63, 3.8) is 0 Å². The molecular formula is C50H34N6. The Balaban J connectivity index is 0.860. The van der Waals surface area contributed by atoms with Crippen LogP contribution in [-0.4, -0.2) is 25.2 Å². The van der Waals surface area contributed by atoms with Crippen molar-refractivity contribution in [2.45, 2.75) is 0 Å². The number of aromatic nitrogens is 4. The Labute approximate surface area is 323 Å². The normalized spacial score (nSPS) is 11.8. The van der Waals surface area contributed by atoms with Crippen LogP contribution >= 0.6 is 0 Å². The van der Waals surface area contributed by atoms with Crippen LogP contribution in [0.4, 0.5) is 0 Å². The van der Waals surface area contributed by atoms with E-state index in [1.165, 1.54) is 10.8 Å². The van der Waals surface area contributed by atoms with Crippen LogP contribution in [0.15, 0.2) is 188 Å². The number of hydrogen-bond donors (Lipinski definition) is 2. The third-order valence-electron chi connectivity index (χ3n) is 10.5. The van der Waals surface area contributed by atoms with Crippen LogP contribution in [0.5, 0.6) is 0 Å². The maximum absolute atomic E-state index is 8.84. The first-order chi connectivity index (χ1) is 27.6. The van der Waals surface area contributed by atoms with Gasteiger partial charge >= 0.3 is 0 Å². The molecule has 10 rings (SSSR count). The third kappa shape index (κ3) is 5.96. The monoisotopic (exact) mass is 718 g/mol. The summed E-state index contributed by atoms with van der Waals surface area (Å²) in [7, 11) is 0. The van der Waals surface area contributed by atoms with Crippen molar-refractivity contribution >= 4 is 55.0 Å². The highest BCUT2D eigenvalue weighted by Gasteiger charge is 2.13. The number of pyridine rings is 3. The lowest BCUT2D eigenvalue weighted by atomic mass is 10.0. The highest BCUT2D eigenvalue weighted by atomic mass is 15.0. The number of allylic oxidation sites excluding steroid dienone is 1. The zero-order valence-corrected chi connectivity index (χ0v) is 30.3. The number of fused-ring (bicyclic) bond motifs is 5. The van der Waals surface area contributed by atoms with Gasteiger partial charge in [-0.1, -0.05) is 109 Å². The van der Waals surface area contributed by atoms with Gasteiger partial charge in [0, 0.05) is 44.7 Å². The largest absolute Gasteiger partial charge is 0.398 e. The van der Waals surface area contributed by atoms with Gasteiger partial charge in [0.2, 0.25) is 0 Å². The van der Waals surface area contributed by atoms with Gasteiger partial charge in [0.1, 0.15) is 0 Å². The number of nitrogens with zero attached hydrogens (tertiary/aromatic N) is 4. The molecule has 0 saturated carbocycles. The van der Waals surface area contributed by atoms with E-state index in [1.54, 1.807) is 12.3 Å². The molecule has 0 spiro atoms. The van der Waals surface area contributed by atoms with Gasteiger partial charge in [0.25, 0.3) is 0 Å². The molecule has 6 heteroatoms. The fourth-order valence-electron chi connectivity index (χ4n) is 7.57. The van der Waals surface area contributed by atoms with E-state index < -0.39 is 0 Å². The Bertz CT molecular complexity index is 3090. The van der Waals surface area contributed by atoms with Gasteiger partial charge in [0.05, 0.1) is 44.9 Å². The quantitative estimate of drug-likeness (QED) is 0.160. The molecule has 56 heavy (non-hydrogen) atoms. The molecule has 0 aliphatic carbocycles. The molecule has 3 N–H and O–H groups in total. The molecule has 6 aromatic carbocycles. The third-order valence-corrected chi connectivity index (χ3v) is 10.5. The van der Waals surface area contributed by atoms with E-state index in [0.29, 0.717) is 11.4 Å². The van der Waals surface area contributed by atoms with Gasteiger partial charge in [-0.15, -0.1) is 0 Å². The van der Waals surface area contributed by atoms with Crippen LogP contribution < -0.4 is 5.73 Å². The minimum absolute atomic E-state index is 0.352. The second kappa shape index (κ2) is 13.6. The first-order valence-corrected chi connectivity index (χ1v) is 18.5. The average Bonchev–Trinajstić information content (AvgIpc) is 3.60. The molecule has 0 saturated heterocycles. The molecule has 264 valence electrons. The number of rotatable bonds is 7. The molecule has 6 nitrogen and oxygen atoms in total. The van der Waals surface area contributed by atoms with Crippen molar-refractivity contribution in [1.29, 1.82) is 5.41 Å². The predicted octanol–water partition coefficient (Wildman–Crippen LogP) is 11.6. The smallest absolute Gasteiger partial charge is 0.0893 e. The highest BCUT2D eigenvalue weighted by molar-refractivity contribution is 6.11. The van der Waals surface area contributed by atoms with Crippen LogP contribution in [0.2, 0.25) is 0 Å². The zero-order chi connectivity index (χ0) is 37.6. The highest BCUT2D eigenvalue weighted by Crippen LogP contribution is 2.33. The fraction of sp³-hybridized carbons (Fsp3) is 0. The Morgan fingerprint density at radius 2 is 1.11 bits per heavy atom. The van der Waals surface area contributed by atoms with Gasteiger partial charge in [-0.2, -0.15) is 0 Å². The molecule has 0 fully saturated rings. The summed E-state index contributed by atoms with van der Waals surface area (Å²) in [5, 5.41) is 13.4. The van der Waals surface area contributed by atoms with Gasteiger partial charge in [-0.3, -0.25) is 4.98 Å². The maximum atomic E-state index is 8.84. The number of nitrogens with two attached hydrogens (primary N) is 1. The zero-order valence-electron chi connectivity index (χ0n) is 30.3. The fourth-order valence-corrected chi connectivity index (χ4v) is 7.57. The Morgan fingerprint density at radius 3 is 1.86 bits per heavy atom. The number of hydrogen-bond acceptors (Lipinski definition) is 5. The minimum atomic E-state index is 0.352. The second-order valence-corrected chi connectivity index (χ2v) is 13.9. The Morgan fingerprint density at radius 1 is 0.500 bits per heavy atom. The number of benzene rings is 6. The van der Waals surface area contributed by atoms with Crippen molar-refractivity contribution in [3.05, 3.63) is 199 Å². The maximum Gasteiger partial charge on any atom is 0.0893 e. The van der Waals surface area contributed by atoms with Crippen LogP contribution in [-0.2, 0) is 0 Å². The molecule has 4 heterocycles. The van der Waals surface area contributed by atoms with Gasteiger partial charge < -0.3 is 15.7 Å². The summed E-state index contributed by atoms with van der Waals surface area (Å²) in [6.07, 6.45) is 3.51. The molecule has 0 unspecified atom stereocenters. The van der Waals surface area contributed by atoms with Crippen molar-refractivity contribution in [3.8, 4) is 39.5 Å². The lowest BCUT2D eigenvalue weighted by molar-refractivity contribution is 1.18. The summed E-state index contributed by atoms with van der Waals surface area (Å²) < 4.78 is 2.27. The lowest BCUT2D eigenvalue weighted by Crippen LogP contribution is -2.03. The van der Waals surface area contributed by atoms with E-state index in [-0.39, 0.29) is 0 Å². The van der Waals surface area contributed by atoms with Crippen LogP contribution in [0.3, 0.4) is 0 Å². The van der Waals surface area contributed by atoms with Gasteiger partial charge in [0.15, 0.2) is 0 Å². The van der Waals surface area contributed by atoms with E-state index >= 15 is 0 Å². The van der Waals surface area contributed by atoms with Crippen molar-refractivity contribution in [1.82, 2.24) is 19.5 Å². The molecule has 0 bridgehead atoms. The minimum Gasteiger partial charge on any atom is -0.398 e. The van der Waals surface area contributed by atoms with E-state index in [0.717, 1.165) is 83.4 Å². The summed E-state index contributed by atoms with van der Waals surface area (Å²) in [6.45, 7) is 0. The molecule has 0 radical (unpaired) electrons. The van der Waals surface area contributed by atoms with E-state index in [9.17, 15) is 0 Å². The molecule has 0 atom stereocenters. The predicted molar refractivity (Wildman–Crippen MR) is 231 cm³/mol. The topological polar surface area (TPSA) is 93.5 Å². The van der Waals surface area contributed by atoms with Crippen LogP contribution in [0.25, 0.3) is 88.8 Å². The lowest BCUT2D eigenvalue weighted by Gasteiger charge is -2.10. The van der Waals surface area contributed by atoms with Gasteiger partial charge in [-0.25, -0.2) is 9.97 Å². The first kappa shape index (κ1) is 32.9. The molecular weight excluding hydrogens is 685 g/mol. The molecule has 10 aromatic rings. The van der Waals surface area contributed by atoms with Crippen molar-refractivity contribution < 1.29 is 0 Å². The molecule has 4 aromatic heterocycles. The summed E-state index contributed by atoms with van der Waals surface area (Å²) >= 11 is 0. The van der Waals surface area contributed by atoms with E-state index in [1.807, 2.05) is 60.7 Å². The number of nitrogens with one attached hydrogen (secondary N) is 1.